The summed E-state index contributed by atoms with van der Waals surface area (Å²) in [4.78, 5) is 13.4. The lowest BCUT2D eigenvalue weighted by Gasteiger charge is -2.40. The lowest BCUT2D eigenvalue weighted by molar-refractivity contribution is -0.201. The minimum atomic E-state index is -2.75. The Labute approximate surface area is 92.5 Å². The molecule has 1 atom stereocenters. The van der Waals surface area contributed by atoms with Crippen LogP contribution < -0.4 is 0 Å². The number of carbonyl (C=O) groups is 1. The predicted octanol–water partition coefficient (Wildman–Crippen LogP) is 0.863. The Hall–Kier alpha value is -0.750. The molecule has 0 aromatic rings. The Bertz CT molecular complexity index is 250. The van der Waals surface area contributed by atoms with Crippen molar-refractivity contribution in [2.24, 2.45) is 5.92 Å². The minimum Gasteiger partial charge on any atom is -0.381 e. The molecule has 2 fully saturated rings. The third-order valence-corrected chi connectivity index (χ3v) is 2.96. The van der Waals surface area contributed by atoms with Gasteiger partial charge in [-0.25, -0.2) is 0 Å². The Morgan fingerprint density at radius 2 is 2.19 bits per heavy atom. The van der Waals surface area contributed by atoms with Crippen molar-refractivity contribution in [2.75, 3.05) is 26.3 Å². The standard InChI is InChI=1S/C10H15F2NO3/c11-10(12)16-8-4-13(5-8)9(14)7-2-1-3-15-6-7/h7-8,10H,1-6H2. The quantitative estimate of drug-likeness (QED) is 0.728. The minimum absolute atomic E-state index is 0.00816. The van der Waals surface area contributed by atoms with Gasteiger partial charge in [0.15, 0.2) is 0 Å². The van der Waals surface area contributed by atoms with E-state index in [9.17, 15) is 13.6 Å². The number of nitrogens with zero attached hydrogens (tertiary/aromatic N) is 1. The van der Waals surface area contributed by atoms with Gasteiger partial charge >= 0.3 is 6.61 Å². The summed E-state index contributed by atoms with van der Waals surface area (Å²) in [7, 11) is 0. The number of likely N-dealkylation sites (tertiary alicyclic amines) is 1. The molecule has 1 unspecified atom stereocenters. The van der Waals surface area contributed by atoms with E-state index in [0.717, 1.165) is 12.8 Å². The molecule has 92 valence electrons. The van der Waals surface area contributed by atoms with Crippen molar-refractivity contribution in [3.63, 3.8) is 0 Å². The Kier molecular flexibility index (Phi) is 3.70. The fourth-order valence-electron chi connectivity index (χ4n) is 2.04. The van der Waals surface area contributed by atoms with Crippen LogP contribution in [-0.2, 0) is 14.3 Å². The molecule has 6 heteroatoms. The van der Waals surface area contributed by atoms with E-state index in [0.29, 0.717) is 13.2 Å². The summed E-state index contributed by atoms with van der Waals surface area (Å²) in [6.07, 6.45) is 1.21. The number of halogens is 2. The van der Waals surface area contributed by atoms with E-state index in [1.165, 1.54) is 0 Å². The van der Waals surface area contributed by atoms with Gasteiger partial charge in [-0.15, -0.1) is 0 Å². The molecule has 0 radical (unpaired) electrons. The van der Waals surface area contributed by atoms with Crippen LogP contribution in [0.1, 0.15) is 12.8 Å². The van der Waals surface area contributed by atoms with E-state index in [4.69, 9.17) is 4.74 Å². The van der Waals surface area contributed by atoms with Crippen LogP contribution in [0.3, 0.4) is 0 Å². The SMILES string of the molecule is O=C(C1CCCOC1)N1CC(OC(F)F)C1. The van der Waals surface area contributed by atoms with E-state index in [2.05, 4.69) is 4.74 Å². The molecule has 2 heterocycles. The third-order valence-electron chi connectivity index (χ3n) is 2.96. The second kappa shape index (κ2) is 5.05. The fourth-order valence-corrected chi connectivity index (χ4v) is 2.04. The largest absolute Gasteiger partial charge is 0.381 e. The van der Waals surface area contributed by atoms with Gasteiger partial charge in [-0.05, 0) is 12.8 Å². The van der Waals surface area contributed by atoms with Crippen LogP contribution in [0.4, 0.5) is 8.78 Å². The third kappa shape index (κ3) is 2.68. The van der Waals surface area contributed by atoms with Crippen LogP contribution >= 0.6 is 0 Å². The summed E-state index contributed by atoms with van der Waals surface area (Å²) in [5.41, 5.74) is 0. The van der Waals surface area contributed by atoms with Gasteiger partial charge in [0.25, 0.3) is 0 Å². The van der Waals surface area contributed by atoms with Crippen molar-refractivity contribution in [3.05, 3.63) is 0 Å². The first-order valence-electron chi connectivity index (χ1n) is 5.47. The molecular formula is C10H15F2NO3. The lowest BCUT2D eigenvalue weighted by atomic mass is 9.98. The number of alkyl halides is 2. The van der Waals surface area contributed by atoms with E-state index < -0.39 is 12.7 Å². The molecule has 0 spiro atoms. The number of amides is 1. The molecule has 0 bridgehead atoms. The number of carbonyl (C=O) groups excluding carboxylic acids is 1. The zero-order chi connectivity index (χ0) is 11.5. The van der Waals surface area contributed by atoms with Crippen LogP contribution in [0, 0.1) is 5.92 Å². The molecule has 4 nitrogen and oxygen atoms in total. The Morgan fingerprint density at radius 1 is 1.44 bits per heavy atom. The van der Waals surface area contributed by atoms with Gasteiger partial charge in [0.05, 0.1) is 18.6 Å². The van der Waals surface area contributed by atoms with Crippen molar-refractivity contribution in [1.82, 2.24) is 4.90 Å². The normalized spacial score (nSPS) is 26.9. The number of ether oxygens (including phenoxy) is 2. The van der Waals surface area contributed by atoms with Crippen molar-refractivity contribution < 1.29 is 23.0 Å². The van der Waals surface area contributed by atoms with Gasteiger partial charge in [-0.1, -0.05) is 0 Å². The first kappa shape index (κ1) is 11.7. The molecule has 0 aromatic heterocycles. The van der Waals surface area contributed by atoms with Gasteiger partial charge in [0.2, 0.25) is 5.91 Å². The maximum absolute atomic E-state index is 11.8. The summed E-state index contributed by atoms with van der Waals surface area (Å²) in [5.74, 6) is -0.0879. The topological polar surface area (TPSA) is 38.8 Å². The highest BCUT2D eigenvalue weighted by atomic mass is 19.3. The molecule has 0 N–H and O–H groups in total. The number of hydrogen-bond acceptors (Lipinski definition) is 3. The smallest absolute Gasteiger partial charge is 0.345 e. The van der Waals surface area contributed by atoms with E-state index in [1.54, 1.807) is 4.90 Å². The van der Waals surface area contributed by atoms with Gasteiger partial charge in [-0.2, -0.15) is 8.78 Å². The van der Waals surface area contributed by atoms with Crippen LogP contribution in [0.5, 0.6) is 0 Å². The van der Waals surface area contributed by atoms with Crippen LogP contribution in [0.15, 0.2) is 0 Å². The highest BCUT2D eigenvalue weighted by Crippen LogP contribution is 2.22. The first-order valence-corrected chi connectivity index (χ1v) is 5.47. The molecule has 2 aliphatic heterocycles. The maximum atomic E-state index is 11.8. The Balaban J connectivity index is 1.72. The summed E-state index contributed by atoms with van der Waals surface area (Å²) < 4.78 is 33.2. The van der Waals surface area contributed by atoms with Crippen molar-refractivity contribution in [3.8, 4) is 0 Å². The van der Waals surface area contributed by atoms with Crippen molar-refractivity contribution in [2.45, 2.75) is 25.6 Å². The van der Waals surface area contributed by atoms with Gasteiger partial charge in [0.1, 0.15) is 0 Å². The van der Waals surface area contributed by atoms with Crippen LogP contribution in [-0.4, -0.2) is 49.8 Å². The number of hydrogen-bond donors (Lipinski definition) is 0. The summed E-state index contributed by atoms with van der Waals surface area (Å²) >= 11 is 0. The second-order valence-electron chi connectivity index (χ2n) is 4.18. The van der Waals surface area contributed by atoms with Crippen molar-refractivity contribution in [1.29, 1.82) is 0 Å². The molecular weight excluding hydrogens is 220 g/mol. The molecule has 0 aliphatic carbocycles. The lowest BCUT2D eigenvalue weighted by Crippen LogP contribution is -2.57. The highest BCUT2D eigenvalue weighted by molar-refractivity contribution is 5.79. The summed E-state index contributed by atoms with van der Waals surface area (Å²) in [6.45, 7) is -1.03. The average molecular weight is 235 g/mol. The summed E-state index contributed by atoms with van der Waals surface area (Å²) in [6, 6.07) is 0. The van der Waals surface area contributed by atoms with Gasteiger partial charge < -0.3 is 14.4 Å². The van der Waals surface area contributed by atoms with E-state index >= 15 is 0 Å². The summed E-state index contributed by atoms with van der Waals surface area (Å²) in [5, 5.41) is 0. The average Bonchev–Trinajstić information content (AvgIpc) is 2.23. The number of rotatable bonds is 3. The molecule has 0 aromatic carbocycles. The molecule has 2 aliphatic rings. The second-order valence-corrected chi connectivity index (χ2v) is 4.18. The van der Waals surface area contributed by atoms with E-state index in [-0.39, 0.29) is 24.9 Å². The van der Waals surface area contributed by atoms with Crippen molar-refractivity contribution >= 4 is 5.91 Å². The van der Waals surface area contributed by atoms with Gasteiger partial charge in [-0.3, -0.25) is 4.79 Å². The van der Waals surface area contributed by atoms with Gasteiger partial charge in [0, 0.05) is 19.7 Å². The molecule has 16 heavy (non-hydrogen) atoms. The molecule has 2 rings (SSSR count). The fraction of sp³-hybridized carbons (Fsp3) is 0.900. The monoisotopic (exact) mass is 235 g/mol. The molecule has 2 saturated heterocycles. The maximum Gasteiger partial charge on any atom is 0.345 e. The zero-order valence-electron chi connectivity index (χ0n) is 8.90. The Morgan fingerprint density at radius 3 is 2.75 bits per heavy atom. The predicted molar refractivity (Wildman–Crippen MR) is 51.0 cm³/mol. The van der Waals surface area contributed by atoms with Crippen LogP contribution in [0.25, 0.3) is 0 Å². The molecule has 1 amide bonds. The first-order chi connectivity index (χ1) is 7.66. The molecule has 0 saturated carbocycles. The highest BCUT2D eigenvalue weighted by Gasteiger charge is 2.36. The zero-order valence-corrected chi connectivity index (χ0v) is 8.90. The van der Waals surface area contributed by atoms with E-state index in [1.807, 2.05) is 0 Å². The van der Waals surface area contributed by atoms with Crippen LogP contribution in [0.2, 0.25) is 0 Å².